The van der Waals surface area contributed by atoms with Gasteiger partial charge in [-0.2, -0.15) is 0 Å². The topological polar surface area (TPSA) is 62.3 Å². The zero-order valence-electron chi connectivity index (χ0n) is 18.1. The van der Waals surface area contributed by atoms with Crippen LogP contribution in [-0.4, -0.2) is 34.8 Å². The molecule has 1 fully saturated rings. The first kappa shape index (κ1) is 22.0. The third kappa shape index (κ3) is 5.54. The number of halogens is 1. The van der Waals surface area contributed by atoms with Gasteiger partial charge in [-0.25, -0.2) is 0 Å². The molecule has 0 saturated carbocycles. The van der Waals surface area contributed by atoms with Gasteiger partial charge in [0, 0.05) is 60.0 Å². The van der Waals surface area contributed by atoms with Crippen molar-refractivity contribution in [3.05, 3.63) is 94.3 Å². The number of nitrogens with one attached hydrogen (secondary N) is 1. The van der Waals surface area contributed by atoms with Crippen molar-refractivity contribution in [2.24, 2.45) is 0 Å². The molecule has 32 heavy (non-hydrogen) atoms. The molecule has 0 radical (unpaired) electrons. The van der Waals surface area contributed by atoms with Crippen molar-refractivity contribution in [3.8, 4) is 0 Å². The summed E-state index contributed by atoms with van der Waals surface area (Å²) in [5.41, 5.74) is 4.66. The third-order valence-corrected chi connectivity index (χ3v) is 6.03. The zero-order chi connectivity index (χ0) is 22.5. The van der Waals surface area contributed by atoms with E-state index in [1.54, 1.807) is 24.3 Å². The average Bonchev–Trinajstić information content (AvgIpc) is 2.81. The molecule has 2 amide bonds. The minimum atomic E-state index is -0.128. The number of nitrogens with zero attached hydrogens (tertiary/aromatic N) is 2. The highest BCUT2D eigenvalue weighted by Gasteiger charge is 2.25. The van der Waals surface area contributed by atoms with Gasteiger partial charge in [0.2, 0.25) is 5.91 Å². The average molecular weight is 448 g/mol. The van der Waals surface area contributed by atoms with E-state index in [1.807, 2.05) is 29.2 Å². The lowest BCUT2D eigenvalue weighted by atomic mass is 9.92. The Kier molecular flexibility index (Phi) is 6.86. The molecule has 5 nitrogen and oxygen atoms in total. The molecule has 0 spiro atoms. The summed E-state index contributed by atoms with van der Waals surface area (Å²) in [6, 6.07) is 21.1. The van der Waals surface area contributed by atoms with Crippen molar-refractivity contribution in [1.82, 2.24) is 9.88 Å². The molecule has 0 unspecified atom stereocenters. The van der Waals surface area contributed by atoms with Crippen LogP contribution in [0.15, 0.2) is 66.7 Å². The second kappa shape index (κ2) is 9.96. The second-order valence-electron chi connectivity index (χ2n) is 8.18. The van der Waals surface area contributed by atoms with Crippen LogP contribution in [0.2, 0.25) is 5.02 Å². The van der Waals surface area contributed by atoms with Crippen LogP contribution in [-0.2, 0) is 11.2 Å². The predicted molar refractivity (Wildman–Crippen MR) is 127 cm³/mol. The number of rotatable bonds is 5. The van der Waals surface area contributed by atoms with E-state index >= 15 is 0 Å². The van der Waals surface area contributed by atoms with Crippen LogP contribution in [0.1, 0.15) is 53.0 Å². The molecule has 1 saturated heterocycles. The standard InChI is InChI=1S/C26H26ClN3O2/c1-18(31)28-23-11-7-21(8-12-23)26(32)30-15-13-20(14-16-30)25-4-2-3-24(29-25)17-19-5-9-22(27)10-6-19/h2-12,20H,13-17H2,1H3,(H,28,31). The number of amides is 2. The summed E-state index contributed by atoms with van der Waals surface area (Å²) in [5, 5.41) is 3.46. The molecule has 1 aromatic heterocycles. The Morgan fingerprint density at radius 1 is 1.00 bits per heavy atom. The van der Waals surface area contributed by atoms with Gasteiger partial charge in [0.05, 0.1) is 0 Å². The molecule has 1 N–H and O–H groups in total. The van der Waals surface area contributed by atoms with Crippen molar-refractivity contribution < 1.29 is 9.59 Å². The van der Waals surface area contributed by atoms with Crippen molar-refractivity contribution >= 4 is 29.1 Å². The van der Waals surface area contributed by atoms with E-state index in [0.29, 0.717) is 30.3 Å². The number of benzene rings is 2. The molecule has 2 heterocycles. The predicted octanol–water partition coefficient (Wildman–Crippen LogP) is 5.30. The van der Waals surface area contributed by atoms with Gasteiger partial charge in [-0.1, -0.05) is 29.8 Å². The minimum Gasteiger partial charge on any atom is -0.339 e. The zero-order valence-corrected chi connectivity index (χ0v) is 18.8. The maximum absolute atomic E-state index is 12.9. The fourth-order valence-electron chi connectivity index (χ4n) is 4.10. The summed E-state index contributed by atoms with van der Waals surface area (Å²) in [6.45, 7) is 2.88. The van der Waals surface area contributed by atoms with Crippen LogP contribution in [0.3, 0.4) is 0 Å². The maximum atomic E-state index is 12.9. The summed E-state index contributed by atoms with van der Waals surface area (Å²) in [5.74, 6) is 0.255. The van der Waals surface area contributed by atoms with Crippen LogP contribution in [0.4, 0.5) is 5.69 Å². The van der Waals surface area contributed by atoms with Gasteiger partial charge in [-0.05, 0) is 66.9 Å². The van der Waals surface area contributed by atoms with Crippen LogP contribution in [0.5, 0.6) is 0 Å². The number of aromatic nitrogens is 1. The Morgan fingerprint density at radius 3 is 2.34 bits per heavy atom. The van der Waals surface area contributed by atoms with Gasteiger partial charge >= 0.3 is 0 Å². The molecule has 4 rings (SSSR count). The highest BCUT2D eigenvalue weighted by molar-refractivity contribution is 6.30. The van der Waals surface area contributed by atoms with Gasteiger partial charge in [0.1, 0.15) is 0 Å². The number of carbonyl (C=O) groups excluding carboxylic acids is 2. The number of anilines is 1. The number of piperidine rings is 1. The molecular weight excluding hydrogens is 422 g/mol. The van der Waals surface area contributed by atoms with Crippen LogP contribution < -0.4 is 5.32 Å². The van der Waals surface area contributed by atoms with Crippen LogP contribution in [0, 0.1) is 0 Å². The smallest absolute Gasteiger partial charge is 0.253 e. The summed E-state index contributed by atoms with van der Waals surface area (Å²) in [7, 11) is 0. The molecule has 1 aliphatic rings. The van der Waals surface area contributed by atoms with Crippen molar-refractivity contribution in [3.63, 3.8) is 0 Å². The molecular formula is C26H26ClN3O2. The first-order valence-corrected chi connectivity index (χ1v) is 11.2. The van der Waals surface area contributed by atoms with Crippen molar-refractivity contribution in [2.75, 3.05) is 18.4 Å². The largest absolute Gasteiger partial charge is 0.339 e. The van der Waals surface area contributed by atoms with Crippen molar-refractivity contribution in [2.45, 2.75) is 32.1 Å². The monoisotopic (exact) mass is 447 g/mol. The molecule has 2 aromatic carbocycles. The summed E-state index contributed by atoms with van der Waals surface area (Å²) < 4.78 is 0. The molecule has 0 bridgehead atoms. The summed E-state index contributed by atoms with van der Waals surface area (Å²) in [6.07, 6.45) is 2.57. The van der Waals surface area contributed by atoms with Crippen molar-refractivity contribution in [1.29, 1.82) is 0 Å². The van der Waals surface area contributed by atoms with E-state index in [0.717, 1.165) is 35.7 Å². The number of hydrogen-bond donors (Lipinski definition) is 1. The molecule has 1 aliphatic heterocycles. The Balaban J connectivity index is 1.35. The molecule has 0 atom stereocenters. The van der Waals surface area contributed by atoms with Gasteiger partial charge in [0.25, 0.3) is 5.91 Å². The highest BCUT2D eigenvalue weighted by Crippen LogP contribution is 2.28. The van der Waals surface area contributed by atoms with E-state index < -0.39 is 0 Å². The Labute approximate surface area is 193 Å². The normalized spacial score (nSPS) is 14.2. The van der Waals surface area contributed by atoms with Crippen LogP contribution >= 0.6 is 11.6 Å². The van der Waals surface area contributed by atoms with Gasteiger partial charge in [0.15, 0.2) is 0 Å². The van der Waals surface area contributed by atoms with E-state index in [4.69, 9.17) is 16.6 Å². The third-order valence-electron chi connectivity index (χ3n) is 5.78. The summed E-state index contributed by atoms with van der Waals surface area (Å²) in [4.78, 5) is 30.8. The Bertz CT molecular complexity index is 1090. The Morgan fingerprint density at radius 2 is 1.69 bits per heavy atom. The fraction of sp³-hybridized carbons (Fsp3) is 0.269. The molecule has 6 heteroatoms. The van der Waals surface area contributed by atoms with E-state index in [-0.39, 0.29) is 11.8 Å². The number of pyridine rings is 1. The van der Waals surface area contributed by atoms with E-state index in [2.05, 4.69) is 23.5 Å². The van der Waals surface area contributed by atoms with Gasteiger partial charge in [-0.3, -0.25) is 14.6 Å². The second-order valence-corrected chi connectivity index (χ2v) is 8.62. The molecule has 3 aromatic rings. The summed E-state index contributed by atoms with van der Waals surface area (Å²) >= 11 is 5.98. The first-order chi connectivity index (χ1) is 15.5. The van der Waals surface area contributed by atoms with E-state index in [1.165, 1.54) is 12.5 Å². The van der Waals surface area contributed by atoms with Gasteiger partial charge in [-0.15, -0.1) is 0 Å². The lowest BCUT2D eigenvalue weighted by molar-refractivity contribution is -0.114. The minimum absolute atomic E-state index is 0.0299. The lowest BCUT2D eigenvalue weighted by Gasteiger charge is -2.32. The quantitative estimate of drug-likeness (QED) is 0.577. The number of likely N-dealkylation sites (tertiary alicyclic amines) is 1. The number of carbonyl (C=O) groups is 2. The molecule has 0 aliphatic carbocycles. The SMILES string of the molecule is CC(=O)Nc1ccc(C(=O)N2CCC(c3cccc(Cc4ccc(Cl)cc4)n3)CC2)cc1. The van der Waals surface area contributed by atoms with Gasteiger partial charge < -0.3 is 10.2 Å². The van der Waals surface area contributed by atoms with Crippen LogP contribution in [0.25, 0.3) is 0 Å². The molecule has 164 valence electrons. The van der Waals surface area contributed by atoms with E-state index in [9.17, 15) is 9.59 Å². The maximum Gasteiger partial charge on any atom is 0.253 e. The first-order valence-electron chi connectivity index (χ1n) is 10.8. The Hall–Kier alpha value is -3.18. The highest BCUT2D eigenvalue weighted by atomic mass is 35.5. The fourth-order valence-corrected chi connectivity index (χ4v) is 4.22. The number of hydrogen-bond acceptors (Lipinski definition) is 3. The lowest BCUT2D eigenvalue weighted by Crippen LogP contribution is -2.38.